The number of nitrogens with zero attached hydrogens (tertiary/aromatic N) is 1. The second kappa shape index (κ2) is 3.10. The Kier molecular flexibility index (Phi) is 2.04. The molecule has 0 aliphatic carbocycles. The second-order valence-electron chi connectivity index (χ2n) is 3.28. The number of nitrogens with one attached hydrogen (secondary N) is 1. The molecule has 14 heavy (non-hydrogen) atoms. The molecule has 0 spiro atoms. The highest BCUT2D eigenvalue weighted by Gasteiger charge is 2.09. The van der Waals surface area contributed by atoms with Crippen molar-refractivity contribution in [3.05, 3.63) is 28.4 Å². The highest BCUT2D eigenvalue weighted by molar-refractivity contribution is 6.34. The minimum atomic E-state index is 0.0345. The van der Waals surface area contributed by atoms with Crippen molar-refractivity contribution >= 4 is 28.3 Å². The molecule has 0 saturated heterocycles. The summed E-state index contributed by atoms with van der Waals surface area (Å²) >= 11 is 5.89. The van der Waals surface area contributed by atoms with Crippen molar-refractivity contribution in [3.63, 3.8) is 0 Å². The van der Waals surface area contributed by atoms with Crippen LogP contribution in [0.4, 0.5) is 0 Å². The van der Waals surface area contributed by atoms with Crippen LogP contribution in [0.3, 0.4) is 0 Å². The van der Waals surface area contributed by atoms with Gasteiger partial charge in [-0.1, -0.05) is 11.6 Å². The smallest absolute Gasteiger partial charge is 0.159 e. The van der Waals surface area contributed by atoms with E-state index in [9.17, 15) is 4.79 Å². The van der Waals surface area contributed by atoms with E-state index >= 15 is 0 Å². The summed E-state index contributed by atoms with van der Waals surface area (Å²) in [7, 11) is 0. The number of hydrogen-bond acceptors (Lipinski definition) is 2. The number of ketones is 1. The molecule has 0 radical (unpaired) electrons. The molecule has 0 unspecified atom stereocenters. The zero-order chi connectivity index (χ0) is 10.3. The number of rotatable bonds is 1. The molecule has 1 aromatic carbocycles. The first-order valence-corrected chi connectivity index (χ1v) is 4.62. The molecule has 0 atom stereocenters. The topological polar surface area (TPSA) is 45.8 Å². The number of Topliss-reactive ketones (excluding diaryl/α,β-unsaturated/α-hetero) is 1. The summed E-state index contributed by atoms with van der Waals surface area (Å²) in [5, 5.41) is 8.02. The number of fused-ring (bicyclic) bond motifs is 1. The fourth-order valence-electron chi connectivity index (χ4n) is 1.46. The lowest BCUT2D eigenvalue weighted by Gasteiger charge is -1.99. The molecule has 0 aliphatic heterocycles. The third-order valence-corrected chi connectivity index (χ3v) is 2.50. The summed E-state index contributed by atoms with van der Waals surface area (Å²) in [6.07, 6.45) is 0. The summed E-state index contributed by atoms with van der Waals surface area (Å²) < 4.78 is 0. The maximum atomic E-state index is 11.2. The lowest BCUT2D eigenvalue weighted by molar-refractivity contribution is 0.101. The van der Waals surface area contributed by atoms with Crippen LogP contribution in [0.15, 0.2) is 12.1 Å². The summed E-state index contributed by atoms with van der Waals surface area (Å²) in [5.74, 6) is 0.0345. The number of aromatic amines is 1. The summed E-state index contributed by atoms with van der Waals surface area (Å²) in [4.78, 5) is 11.2. The van der Waals surface area contributed by atoms with Crippen LogP contribution >= 0.6 is 11.6 Å². The average Bonchev–Trinajstić information content (AvgIpc) is 2.48. The third-order valence-electron chi connectivity index (χ3n) is 2.21. The Hall–Kier alpha value is -1.35. The van der Waals surface area contributed by atoms with Gasteiger partial charge in [0.2, 0.25) is 0 Å². The molecule has 72 valence electrons. The molecule has 0 bridgehead atoms. The first-order valence-electron chi connectivity index (χ1n) is 4.25. The van der Waals surface area contributed by atoms with Gasteiger partial charge in [-0.25, -0.2) is 0 Å². The van der Waals surface area contributed by atoms with E-state index in [2.05, 4.69) is 10.2 Å². The monoisotopic (exact) mass is 208 g/mol. The van der Waals surface area contributed by atoms with E-state index in [-0.39, 0.29) is 5.78 Å². The molecule has 0 aliphatic rings. The largest absolute Gasteiger partial charge is 0.295 e. The first-order chi connectivity index (χ1) is 6.59. The fraction of sp³-hybridized carbons (Fsp3) is 0.200. The van der Waals surface area contributed by atoms with Gasteiger partial charge in [0.25, 0.3) is 0 Å². The van der Waals surface area contributed by atoms with E-state index in [1.54, 1.807) is 6.07 Å². The number of aromatic nitrogens is 2. The predicted molar refractivity (Wildman–Crippen MR) is 55.8 cm³/mol. The summed E-state index contributed by atoms with van der Waals surface area (Å²) in [6, 6.07) is 3.58. The lowest BCUT2D eigenvalue weighted by Crippen LogP contribution is -1.92. The second-order valence-corrected chi connectivity index (χ2v) is 3.66. The lowest BCUT2D eigenvalue weighted by atomic mass is 10.1. The maximum absolute atomic E-state index is 11.2. The number of halogens is 1. The molecule has 2 aromatic rings. The standard InChI is InChI=1S/C10H9ClN2O/c1-5-3-7(6(2)14)4-8-9(5)12-13-10(8)11/h3-4H,1-2H3,(H,12,13). The number of aryl methyl sites for hydroxylation is 1. The van der Waals surface area contributed by atoms with Gasteiger partial charge in [0.15, 0.2) is 5.78 Å². The molecule has 1 aromatic heterocycles. The molecule has 3 nitrogen and oxygen atoms in total. The molecule has 0 fully saturated rings. The van der Waals surface area contributed by atoms with Crippen LogP contribution < -0.4 is 0 Å². The Balaban J connectivity index is 2.82. The van der Waals surface area contributed by atoms with E-state index in [0.29, 0.717) is 10.7 Å². The SMILES string of the molecule is CC(=O)c1cc(C)c2n[nH]c(Cl)c2c1. The zero-order valence-corrected chi connectivity index (χ0v) is 8.64. The van der Waals surface area contributed by atoms with Gasteiger partial charge in [0.05, 0.1) is 5.52 Å². The fourth-order valence-corrected chi connectivity index (χ4v) is 1.65. The van der Waals surface area contributed by atoms with Gasteiger partial charge in [-0.2, -0.15) is 5.10 Å². The Bertz CT molecular complexity index is 516. The quantitative estimate of drug-likeness (QED) is 0.733. The Labute approximate surface area is 86.1 Å². The van der Waals surface area contributed by atoms with Crippen LogP contribution in [-0.4, -0.2) is 16.0 Å². The summed E-state index contributed by atoms with van der Waals surface area (Å²) in [6.45, 7) is 3.44. The van der Waals surface area contributed by atoms with Crippen LogP contribution in [0, 0.1) is 6.92 Å². The average molecular weight is 209 g/mol. The zero-order valence-electron chi connectivity index (χ0n) is 7.89. The first kappa shape index (κ1) is 9.21. The molecule has 1 heterocycles. The third kappa shape index (κ3) is 1.30. The van der Waals surface area contributed by atoms with Crippen molar-refractivity contribution in [2.24, 2.45) is 0 Å². The highest BCUT2D eigenvalue weighted by atomic mass is 35.5. The normalized spacial score (nSPS) is 10.8. The molecule has 1 N–H and O–H groups in total. The van der Waals surface area contributed by atoms with E-state index in [0.717, 1.165) is 16.5 Å². The van der Waals surface area contributed by atoms with Crippen LogP contribution in [0.5, 0.6) is 0 Å². The van der Waals surface area contributed by atoms with Crippen LogP contribution in [0.2, 0.25) is 5.15 Å². The van der Waals surface area contributed by atoms with Crippen LogP contribution in [0.1, 0.15) is 22.8 Å². The Morgan fingerprint density at radius 2 is 2.21 bits per heavy atom. The van der Waals surface area contributed by atoms with Crippen molar-refractivity contribution < 1.29 is 4.79 Å². The van der Waals surface area contributed by atoms with E-state index in [1.165, 1.54) is 6.92 Å². The molecular weight excluding hydrogens is 200 g/mol. The Morgan fingerprint density at radius 3 is 2.86 bits per heavy atom. The molecule has 4 heteroatoms. The number of H-pyrrole nitrogens is 1. The molecule has 2 rings (SSSR count). The van der Waals surface area contributed by atoms with Crippen molar-refractivity contribution in [2.45, 2.75) is 13.8 Å². The van der Waals surface area contributed by atoms with Gasteiger partial charge in [0.1, 0.15) is 5.15 Å². The van der Waals surface area contributed by atoms with Crippen LogP contribution in [0.25, 0.3) is 10.9 Å². The minimum Gasteiger partial charge on any atom is -0.295 e. The molecule has 0 saturated carbocycles. The molecule has 0 amide bonds. The predicted octanol–water partition coefficient (Wildman–Crippen LogP) is 2.73. The minimum absolute atomic E-state index is 0.0345. The van der Waals surface area contributed by atoms with Gasteiger partial charge < -0.3 is 0 Å². The van der Waals surface area contributed by atoms with Crippen molar-refractivity contribution in [1.82, 2.24) is 10.2 Å². The van der Waals surface area contributed by atoms with E-state index in [1.807, 2.05) is 13.0 Å². The summed E-state index contributed by atoms with van der Waals surface area (Å²) in [5.41, 5.74) is 2.44. The van der Waals surface area contributed by atoms with E-state index in [4.69, 9.17) is 11.6 Å². The van der Waals surface area contributed by atoms with Gasteiger partial charge in [-0.3, -0.25) is 9.89 Å². The van der Waals surface area contributed by atoms with Crippen LogP contribution in [-0.2, 0) is 0 Å². The van der Waals surface area contributed by atoms with Gasteiger partial charge in [-0.15, -0.1) is 0 Å². The number of carbonyl (C=O) groups excluding carboxylic acids is 1. The van der Waals surface area contributed by atoms with Crippen molar-refractivity contribution in [1.29, 1.82) is 0 Å². The number of hydrogen-bond donors (Lipinski definition) is 1. The van der Waals surface area contributed by atoms with Gasteiger partial charge in [0, 0.05) is 10.9 Å². The number of carbonyl (C=O) groups is 1. The van der Waals surface area contributed by atoms with Gasteiger partial charge in [-0.05, 0) is 31.5 Å². The van der Waals surface area contributed by atoms with Crippen molar-refractivity contribution in [2.75, 3.05) is 0 Å². The number of benzene rings is 1. The Morgan fingerprint density at radius 1 is 1.50 bits per heavy atom. The van der Waals surface area contributed by atoms with Gasteiger partial charge >= 0.3 is 0 Å². The highest BCUT2D eigenvalue weighted by Crippen LogP contribution is 2.24. The molecular formula is C10H9ClN2O. The van der Waals surface area contributed by atoms with E-state index < -0.39 is 0 Å². The van der Waals surface area contributed by atoms with Crippen molar-refractivity contribution in [3.8, 4) is 0 Å². The maximum Gasteiger partial charge on any atom is 0.159 e.